The zero-order valence-electron chi connectivity index (χ0n) is 16.8. The van der Waals surface area contributed by atoms with Crippen LogP contribution in [0.4, 0.5) is 0 Å². The Morgan fingerprint density at radius 1 is 1.14 bits per heavy atom. The predicted molar refractivity (Wildman–Crippen MR) is 112 cm³/mol. The molecule has 2 aromatic rings. The highest BCUT2D eigenvalue weighted by molar-refractivity contribution is 6.30. The van der Waals surface area contributed by atoms with Gasteiger partial charge in [0.25, 0.3) is 0 Å². The molecule has 1 N–H and O–H groups in total. The molecule has 1 aromatic heterocycles. The van der Waals surface area contributed by atoms with Crippen LogP contribution in [0.3, 0.4) is 0 Å². The van der Waals surface area contributed by atoms with E-state index in [0.29, 0.717) is 29.3 Å². The molecule has 0 spiro atoms. The monoisotopic (exact) mass is 416 g/mol. The molecule has 1 amide bonds. The smallest absolute Gasteiger partial charge is 0.241 e. The first-order chi connectivity index (χ1) is 14.2. The molecular weight excluding hydrogens is 388 g/mol. The highest BCUT2D eigenvalue weighted by Crippen LogP contribution is 2.23. The molecular formula is C22H29ClN4O2. The van der Waals surface area contributed by atoms with Gasteiger partial charge in [0.1, 0.15) is 0 Å². The van der Waals surface area contributed by atoms with Crippen LogP contribution >= 0.6 is 11.6 Å². The minimum atomic E-state index is 0.124. The normalized spacial score (nSPS) is 19.8. The van der Waals surface area contributed by atoms with E-state index in [0.717, 1.165) is 44.3 Å². The van der Waals surface area contributed by atoms with Crippen molar-refractivity contribution < 1.29 is 9.32 Å². The Morgan fingerprint density at radius 3 is 2.62 bits per heavy atom. The summed E-state index contributed by atoms with van der Waals surface area (Å²) in [6, 6.07) is 7.82. The average Bonchev–Trinajstić information content (AvgIpc) is 3.04. The number of carbonyl (C=O) groups excluding carboxylic acids is 1. The molecule has 6 nitrogen and oxygen atoms in total. The van der Waals surface area contributed by atoms with Crippen LogP contribution in [0.15, 0.2) is 28.8 Å². The maximum Gasteiger partial charge on any atom is 0.241 e. The van der Waals surface area contributed by atoms with Crippen LogP contribution in [0, 0.1) is 5.92 Å². The van der Waals surface area contributed by atoms with Crippen molar-refractivity contribution >= 4 is 17.5 Å². The van der Waals surface area contributed by atoms with Crippen molar-refractivity contribution in [2.45, 2.75) is 64.0 Å². The van der Waals surface area contributed by atoms with Crippen LogP contribution in [-0.2, 0) is 11.3 Å². The maximum atomic E-state index is 12.6. The number of rotatable bonds is 5. The van der Waals surface area contributed by atoms with Crippen molar-refractivity contribution in [2.75, 3.05) is 13.1 Å². The first-order valence-electron chi connectivity index (χ1n) is 10.8. The lowest BCUT2D eigenvalue weighted by Crippen LogP contribution is -2.43. The van der Waals surface area contributed by atoms with Crippen LogP contribution < -0.4 is 5.32 Å². The Morgan fingerprint density at radius 2 is 1.90 bits per heavy atom. The fourth-order valence-corrected chi connectivity index (χ4v) is 4.54. The fourth-order valence-electron chi connectivity index (χ4n) is 4.35. The SMILES string of the molecule is O=C(NC1CCCCCC1)C1CCN(Cc2nc(-c3cccc(Cl)c3)no2)CC1. The number of amides is 1. The predicted octanol–water partition coefficient (Wildman–Crippen LogP) is 4.44. The molecule has 1 saturated carbocycles. The van der Waals surface area contributed by atoms with Crippen LogP contribution in [0.25, 0.3) is 11.4 Å². The first-order valence-corrected chi connectivity index (χ1v) is 11.2. The number of likely N-dealkylation sites (tertiary alicyclic amines) is 1. The largest absolute Gasteiger partial charge is 0.353 e. The molecule has 2 heterocycles. The van der Waals surface area contributed by atoms with Crippen LogP contribution in [-0.4, -0.2) is 40.1 Å². The van der Waals surface area contributed by atoms with E-state index in [2.05, 4.69) is 20.4 Å². The summed E-state index contributed by atoms with van der Waals surface area (Å²) in [6.07, 6.45) is 9.13. The van der Waals surface area contributed by atoms with Crippen LogP contribution in [0.2, 0.25) is 5.02 Å². The van der Waals surface area contributed by atoms with Crippen LogP contribution in [0.1, 0.15) is 57.3 Å². The van der Waals surface area contributed by atoms with Crippen LogP contribution in [0.5, 0.6) is 0 Å². The lowest BCUT2D eigenvalue weighted by Gasteiger charge is -2.31. The second-order valence-electron chi connectivity index (χ2n) is 8.27. The van der Waals surface area contributed by atoms with Gasteiger partial charge in [-0.05, 0) is 50.9 Å². The van der Waals surface area contributed by atoms with Crippen molar-refractivity contribution in [1.29, 1.82) is 0 Å². The standard InChI is InChI=1S/C22H29ClN4O2/c23-18-7-5-6-17(14-18)21-25-20(29-26-21)15-27-12-10-16(11-13-27)22(28)24-19-8-3-1-2-4-9-19/h5-7,14,16,19H,1-4,8-13,15H2,(H,24,28). The lowest BCUT2D eigenvalue weighted by atomic mass is 9.95. The molecule has 0 atom stereocenters. The summed E-state index contributed by atoms with van der Waals surface area (Å²) in [5.41, 5.74) is 0.849. The molecule has 1 aliphatic heterocycles. The Labute approximate surface area is 177 Å². The Hall–Kier alpha value is -1.92. The second kappa shape index (κ2) is 9.72. The number of aromatic nitrogens is 2. The minimum absolute atomic E-state index is 0.124. The third-order valence-corrected chi connectivity index (χ3v) is 6.30. The molecule has 0 unspecified atom stereocenters. The molecule has 2 fully saturated rings. The molecule has 2 aliphatic rings. The number of hydrogen-bond donors (Lipinski definition) is 1. The number of carbonyl (C=O) groups is 1. The Balaban J connectivity index is 1.25. The summed E-state index contributed by atoms with van der Waals surface area (Å²) in [5, 5.41) is 8.03. The molecule has 1 aromatic carbocycles. The van der Waals surface area contributed by atoms with E-state index < -0.39 is 0 Å². The summed E-state index contributed by atoms with van der Waals surface area (Å²) in [4.78, 5) is 19.4. The summed E-state index contributed by atoms with van der Waals surface area (Å²) < 4.78 is 5.42. The molecule has 0 radical (unpaired) electrons. The van der Waals surface area contributed by atoms with Crippen molar-refractivity contribution in [3.8, 4) is 11.4 Å². The van der Waals surface area contributed by atoms with E-state index in [1.54, 1.807) is 0 Å². The minimum Gasteiger partial charge on any atom is -0.353 e. The van der Waals surface area contributed by atoms with Crippen molar-refractivity contribution in [3.05, 3.63) is 35.2 Å². The molecule has 1 saturated heterocycles. The molecule has 4 rings (SSSR count). The summed E-state index contributed by atoms with van der Waals surface area (Å²) in [7, 11) is 0. The third-order valence-electron chi connectivity index (χ3n) is 6.07. The second-order valence-corrected chi connectivity index (χ2v) is 8.71. The van der Waals surface area contributed by atoms with Gasteiger partial charge in [0, 0.05) is 22.5 Å². The van der Waals surface area contributed by atoms with E-state index in [9.17, 15) is 4.79 Å². The quantitative estimate of drug-likeness (QED) is 0.729. The van der Waals surface area contributed by atoms with Gasteiger partial charge in [0.05, 0.1) is 6.54 Å². The van der Waals surface area contributed by atoms with Gasteiger partial charge in [-0.3, -0.25) is 9.69 Å². The van der Waals surface area contributed by atoms with Crippen molar-refractivity contribution in [1.82, 2.24) is 20.4 Å². The van der Waals surface area contributed by atoms with Gasteiger partial charge in [0.15, 0.2) is 0 Å². The average molecular weight is 417 g/mol. The summed E-state index contributed by atoms with van der Waals surface area (Å²) in [5.74, 6) is 1.53. The molecule has 7 heteroatoms. The van der Waals surface area contributed by atoms with E-state index >= 15 is 0 Å². The zero-order valence-corrected chi connectivity index (χ0v) is 17.5. The van der Waals surface area contributed by atoms with Gasteiger partial charge in [0.2, 0.25) is 17.6 Å². The van der Waals surface area contributed by atoms with Crippen molar-refractivity contribution in [3.63, 3.8) is 0 Å². The van der Waals surface area contributed by atoms with Gasteiger partial charge >= 0.3 is 0 Å². The zero-order chi connectivity index (χ0) is 20.1. The summed E-state index contributed by atoms with van der Waals surface area (Å²) >= 11 is 6.04. The lowest BCUT2D eigenvalue weighted by molar-refractivity contribution is -0.127. The highest BCUT2D eigenvalue weighted by Gasteiger charge is 2.27. The molecule has 29 heavy (non-hydrogen) atoms. The Kier molecular flexibility index (Phi) is 6.82. The number of benzene rings is 1. The van der Waals surface area contributed by atoms with Gasteiger partial charge in [-0.1, -0.05) is 54.6 Å². The first kappa shape index (κ1) is 20.4. The van der Waals surface area contributed by atoms with Gasteiger partial charge in [-0.25, -0.2) is 0 Å². The molecule has 1 aliphatic carbocycles. The molecule has 156 valence electrons. The van der Waals surface area contributed by atoms with E-state index in [4.69, 9.17) is 16.1 Å². The third kappa shape index (κ3) is 5.58. The van der Waals surface area contributed by atoms with Gasteiger partial charge in [-0.2, -0.15) is 4.98 Å². The van der Waals surface area contributed by atoms with E-state index in [1.807, 2.05) is 24.3 Å². The van der Waals surface area contributed by atoms with Gasteiger partial charge < -0.3 is 9.84 Å². The number of halogens is 1. The van der Waals surface area contributed by atoms with Gasteiger partial charge in [-0.15, -0.1) is 0 Å². The topological polar surface area (TPSA) is 71.3 Å². The maximum absolute atomic E-state index is 12.6. The highest BCUT2D eigenvalue weighted by atomic mass is 35.5. The van der Waals surface area contributed by atoms with E-state index in [-0.39, 0.29) is 11.8 Å². The fraction of sp³-hybridized carbons (Fsp3) is 0.591. The molecule has 0 bridgehead atoms. The Bertz CT molecular complexity index is 809. The number of hydrogen-bond acceptors (Lipinski definition) is 5. The number of piperidine rings is 1. The summed E-state index contributed by atoms with van der Waals surface area (Å²) in [6.45, 7) is 2.36. The number of nitrogens with one attached hydrogen (secondary N) is 1. The van der Waals surface area contributed by atoms with Crippen molar-refractivity contribution in [2.24, 2.45) is 5.92 Å². The van der Waals surface area contributed by atoms with E-state index in [1.165, 1.54) is 25.7 Å². The number of nitrogens with zero attached hydrogens (tertiary/aromatic N) is 3.